The van der Waals surface area contributed by atoms with Gasteiger partial charge in [-0.05, 0) is 26.2 Å². The third kappa shape index (κ3) is 4.07. The summed E-state index contributed by atoms with van der Waals surface area (Å²) in [6.07, 6.45) is 3.68. The van der Waals surface area contributed by atoms with Gasteiger partial charge in [0.2, 0.25) is 5.95 Å². The van der Waals surface area contributed by atoms with E-state index in [1.165, 1.54) is 0 Å². The van der Waals surface area contributed by atoms with Crippen LogP contribution in [0.2, 0.25) is 0 Å². The zero-order chi connectivity index (χ0) is 14.4. The van der Waals surface area contributed by atoms with E-state index >= 15 is 0 Å². The van der Waals surface area contributed by atoms with Crippen molar-refractivity contribution in [1.29, 1.82) is 0 Å². The average molecular weight is 278 g/mol. The summed E-state index contributed by atoms with van der Waals surface area (Å²) in [5.74, 6) is 2.20. The Morgan fingerprint density at radius 1 is 1.30 bits per heavy atom. The predicted molar refractivity (Wildman–Crippen MR) is 82.2 cm³/mol. The molecule has 0 bridgehead atoms. The van der Waals surface area contributed by atoms with Gasteiger partial charge in [0.1, 0.15) is 5.82 Å². The highest BCUT2D eigenvalue weighted by molar-refractivity contribution is 5.42. The van der Waals surface area contributed by atoms with Crippen LogP contribution in [-0.4, -0.2) is 35.8 Å². The highest BCUT2D eigenvalue weighted by Gasteiger charge is 2.26. The second kappa shape index (κ2) is 7.43. The van der Waals surface area contributed by atoms with Crippen molar-refractivity contribution < 1.29 is 4.74 Å². The quantitative estimate of drug-likeness (QED) is 0.803. The summed E-state index contributed by atoms with van der Waals surface area (Å²) in [5.41, 5.74) is 0.982. The normalized spacial score (nSPS) is 21.9. The van der Waals surface area contributed by atoms with Gasteiger partial charge in [-0.15, -0.1) is 0 Å². The molecule has 0 radical (unpaired) electrons. The van der Waals surface area contributed by atoms with Crippen molar-refractivity contribution >= 4 is 11.8 Å². The van der Waals surface area contributed by atoms with Crippen LogP contribution in [0.1, 0.15) is 38.8 Å². The molecule has 2 N–H and O–H groups in total. The molecule has 1 aromatic rings. The van der Waals surface area contributed by atoms with E-state index in [2.05, 4.69) is 34.4 Å². The molecule has 1 saturated heterocycles. The number of rotatable bonds is 7. The molecule has 0 saturated carbocycles. The Bertz CT molecular complexity index is 424. The van der Waals surface area contributed by atoms with Gasteiger partial charge in [0.25, 0.3) is 0 Å². The van der Waals surface area contributed by atoms with Gasteiger partial charge in [-0.2, -0.15) is 4.98 Å². The van der Waals surface area contributed by atoms with Crippen LogP contribution >= 0.6 is 0 Å². The summed E-state index contributed by atoms with van der Waals surface area (Å²) in [4.78, 5) is 8.90. The van der Waals surface area contributed by atoms with Crippen LogP contribution in [0, 0.1) is 12.8 Å². The molecule has 2 heterocycles. The molecular formula is C15H26N4O. The first-order chi connectivity index (χ1) is 9.72. The van der Waals surface area contributed by atoms with Crippen molar-refractivity contribution in [3.05, 3.63) is 11.8 Å². The SMILES string of the molecule is CCCNc1nc(C)cc(NCC2CCOC2CC)n1. The molecule has 2 unspecified atom stereocenters. The number of hydrogen-bond donors (Lipinski definition) is 2. The lowest BCUT2D eigenvalue weighted by Crippen LogP contribution is -2.23. The molecule has 1 aromatic heterocycles. The molecule has 20 heavy (non-hydrogen) atoms. The van der Waals surface area contributed by atoms with Gasteiger partial charge in [0.15, 0.2) is 0 Å². The van der Waals surface area contributed by atoms with E-state index in [1.807, 2.05) is 13.0 Å². The first kappa shape index (κ1) is 15.0. The molecule has 1 fully saturated rings. The summed E-state index contributed by atoms with van der Waals surface area (Å²) < 4.78 is 5.72. The van der Waals surface area contributed by atoms with E-state index in [1.54, 1.807) is 0 Å². The van der Waals surface area contributed by atoms with E-state index in [-0.39, 0.29) is 0 Å². The Morgan fingerprint density at radius 2 is 2.15 bits per heavy atom. The highest BCUT2D eigenvalue weighted by Crippen LogP contribution is 2.23. The van der Waals surface area contributed by atoms with Crippen LogP contribution in [0.3, 0.4) is 0 Å². The number of anilines is 2. The zero-order valence-electron chi connectivity index (χ0n) is 12.8. The van der Waals surface area contributed by atoms with Crippen molar-refractivity contribution in [2.45, 2.75) is 46.1 Å². The molecule has 5 nitrogen and oxygen atoms in total. The van der Waals surface area contributed by atoms with Crippen molar-refractivity contribution in [2.75, 3.05) is 30.3 Å². The van der Waals surface area contributed by atoms with E-state index < -0.39 is 0 Å². The lowest BCUT2D eigenvalue weighted by molar-refractivity contribution is 0.0900. The smallest absolute Gasteiger partial charge is 0.224 e. The van der Waals surface area contributed by atoms with Crippen LogP contribution in [-0.2, 0) is 4.74 Å². The Morgan fingerprint density at radius 3 is 2.90 bits per heavy atom. The predicted octanol–water partition coefficient (Wildman–Crippen LogP) is 2.83. The van der Waals surface area contributed by atoms with Gasteiger partial charge in [-0.3, -0.25) is 0 Å². The minimum absolute atomic E-state index is 0.392. The fraction of sp³-hybridized carbons (Fsp3) is 0.733. The van der Waals surface area contributed by atoms with Crippen molar-refractivity contribution in [2.24, 2.45) is 5.92 Å². The molecule has 5 heteroatoms. The summed E-state index contributed by atoms with van der Waals surface area (Å²) in [6, 6.07) is 1.99. The Hall–Kier alpha value is -1.36. The third-order valence-corrected chi connectivity index (χ3v) is 3.68. The van der Waals surface area contributed by atoms with Crippen LogP contribution < -0.4 is 10.6 Å². The number of ether oxygens (including phenoxy) is 1. The summed E-state index contributed by atoms with van der Waals surface area (Å²) in [5, 5.41) is 6.67. The van der Waals surface area contributed by atoms with E-state index in [4.69, 9.17) is 4.74 Å². The van der Waals surface area contributed by atoms with Crippen molar-refractivity contribution in [3.8, 4) is 0 Å². The molecular weight excluding hydrogens is 252 g/mol. The molecule has 1 aliphatic heterocycles. The second-order valence-corrected chi connectivity index (χ2v) is 5.39. The fourth-order valence-corrected chi connectivity index (χ4v) is 2.59. The molecule has 0 spiro atoms. The van der Waals surface area contributed by atoms with Crippen LogP contribution in [0.4, 0.5) is 11.8 Å². The molecule has 112 valence electrons. The highest BCUT2D eigenvalue weighted by atomic mass is 16.5. The third-order valence-electron chi connectivity index (χ3n) is 3.68. The summed E-state index contributed by atoms with van der Waals surface area (Å²) >= 11 is 0. The van der Waals surface area contributed by atoms with E-state index in [0.29, 0.717) is 18.0 Å². The second-order valence-electron chi connectivity index (χ2n) is 5.39. The Labute approximate surface area is 121 Å². The molecule has 0 aromatic carbocycles. The Balaban J connectivity index is 1.93. The lowest BCUT2D eigenvalue weighted by Gasteiger charge is -2.18. The van der Waals surface area contributed by atoms with Gasteiger partial charge in [-0.1, -0.05) is 13.8 Å². The Kier molecular flexibility index (Phi) is 5.59. The molecule has 0 aliphatic carbocycles. The van der Waals surface area contributed by atoms with Crippen LogP contribution in [0.25, 0.3) is 0 Å². The number of nitrogens with one attached hydrogen (secondary N) is 2. The maximum absolute atomic E-state index is 5.72. The summed E-state index contributed by atoms with van der Waals surface area (Å²) in [7, 11) is 0. The fourth-order valence-electron chi connectivity index (χ4n) is 2.59. The van der Waals surface area contributed by atoms with Crippen LogP contribution in [0.5, 0.6) is 0 Å². The topological polar surface area (TPSA) is 59.1 Å². The maximum atomic E-state index is 5.72. The summed E-state index contributed by atoms with van der Waals surface area (Å²) in [6.45, 7) is 9.02. The van der Waals surface area contributed by atoms with E-state index in [0.717, 1.165) is 50.5 Å². The zero-order valence-corrected chi connectivity index (χ0v) is 12.8. The van der Waals surface area contributed by atoms with Gasteiger partial charge in [0.05, 0.1) is 6.10 Å². The molecule has 2 rings (SSSR count). The largest absolute Gasteiger partial charge is 0.378 e. The van der Waals surface area contributed by atoms with Gasteiger partial charge in [-0.25, -0.2) is 4.98 Å². The minimum Gasteiger partial charge on any atom is -0.378 e. The van der Waals surface area contributed by atoms with Crippen molar-refractivity contribution in [3.63, 3.8) is 0 Å². The molecule has 1 aliphatic rings. The number of nitrogens with zero attached hydrogens (tertiary/aromatic N) is 2. The van der Waals surface area contributed by atoms with Crippen molar-refractivity contribution in [1.82, 2.24) is 9.97 Å². The number of hydrogen-bond acceptors (Lipinski definition) is 5. The van der Waals surface area contributed by atoms with Gasteiger partial charge < -0.3 is 15.4 Å². The number of aryl methyl sites for hydroxylation is 1. The average Bonchev–Trinajstić information content (AvgIpc) is 2.90. The number of aromatic nitrogens is 2. The standard InChI is InChI=1S/C15H26N4O/c1-4-7-16-15-18-11(3)9-14(19-15)17-10-12-6-8-20-13(12)5-2/h9,12-13H,4-8,10H2,1-3H3,(H2,16,17,18,19). The minimum atomic E-state index is 0.392. The first-order valence-corrected chi connectivity index (χ1v) is 7.68. The first-order valence-electron chi connectivity index (χ1n) is 7.68. The van der Waals surface area contributed by atoms with Gasteiger partial charge in [0, 0.05) is 37.4 Å². The lowest BCUT2D eigenvalue weighted by atomic mass is 10.00. The van der Waals surface area contributed by atoms with Gasteiger partial charge >= 0.3 is 0 Å². The van der Waals surface area contributed by atoms with E-state index in [9.17, 15) is 0 Å². The monoisotopic (exact) mass is 278 g/mol. The molecule has 0 amide bonds. The molecule has 2 atom stereocenters. The van der Waals surface area contributed by atoms with Crippen LogP contribution in [0.15, 0.2) is 6.07 Å². The maximum Gasteiger partial charge on any atom is 0.224 e.